The maximum absolute atomic E-state index is 6.10. The lowest BCUT2D eigenvalue weighted by molar-refractivity contribution is 0.236. The molecule has 0 amide bonds. The van der Waals surface area contributed by atoms with Gasteiger partial charge in [0.1, 0.15) is 23.0 Å². The minimum absolute atomic E-state index is 0.595. The standard InChI is InChI=1S/C28H28B2O5/c1-21-5-13-25(14-6-21)31-29(32-26-15-7-22(2)8-16-26)35-30(33-27-17-9-23(3)10-18-27)34-28-19-11-24(4)12-20-28/h5-20H,1-4H3. The predicted molar refractivity (Wildman–Crippen MR) is 140 cm³/mol. The Kier molecular flexibility index (Phi) is 8.01. The van der Waals surface area contributed by atoms with Crippen molar-refractivity contribution in [3.63, 3.8) is 0 Å². The summed E-state index contributed by atoms with van der Waals surface area (Å²) in [7, 11) is -2.28. The number of hydrogen-bond acceptors (Lipinski definition) is 5. The fraction of sp³-hybridized carbons (Fsp3) is 0.143. The van der Waals surface area contributed by atoms with Gasteiger partial charge in [-0.3, -0.25) is 0 Å². The van der Waals surface area contributed by atoms with Crippen molar-refractivity contribution >= 4 is 14.6 Å². The van der Waals surface area contributed by atoms with E-state index in [4.69, 9.17) is 23.2 Å². The van der Waals surface area contributed by atoms with Crippen LogP contribution in [0.1, 0.15) is 22.3 Å². The molecule has 0 saturated carbocycles. The molecule has 5 nitrogen and oxygen atoms in total. The third-order valence-electron chi connectivity index (χ3n) is 5.24. The molecule has 0 unspecified atom stereocenters. The third-order valence-corrected chi connectivity index (χ3v) is 5.24. The monoisotopic (exact) mass is 466 g/mol. The zero-order valence-corrected chi connectivity index (χ0v) is 20.4. The summed E-state index contributed by atoms with van der Waals surface area (Å²) in [6.45, 7) is 8.06. The molecule has 176 valence electrons. The van der Waals surface area contributed by atoms with E-state index in [1.54, 1.807) is 0 Å². The second-order valence-electron chi connectivity index (χ2n) is 8.44. The third kappa shape index (κ3) is 7.59. The van der Waals surface area contributed by atoms with Crippen molar-refractivity contribution in [3.05, 3.63) is 119 Å². The number of hydrogen-bond donors (Lipinski definition) is 0. The van der Waals surface area contributed by atoms with E-state index < -0.39 is 14.6 Å². The van der Waals surface area contributed by atoms with E-state index in [0.717, 1.165) is 22.3 Å². The van der Waals surface area contributed by atoms with E-state index in [1.807, 2.05) is 125 Å². The van der Waals surface area contributed by atoms with Gasteiger partial charge in [-0.2, -0.15) is 0 Å². The Morgan fingerprint density at radius 1 is 0.343 bits per heavy atom. The highest BCUT2D eigenvalue weighted by Crippen LogP contribution is 2.20. The molecule has 0 saturated heterocycles. The molecule has 0 aromatic heterocycles. The SMILES string of the molecule is Cc1ccc(OB(OB(Oc2ccc(C)cc2)Oc2ccc(C)cc2)Oc2ccc(C)cc2)cc1. The summed E-state index contributed by atoms with van der Waals surface area (Å²) in [5.74, 6) is 2.38. The van der Waals surface area contributed by atoms with E-state index in [1.165, 1.54) is 0 Å². The molecule has 0 aliphatic heterocycles. The summed E-state index contributed by atoms with van der Waals surface area (Å²) in [6, 6.07) is 30.6. The molecule has 4 rings (SSSR count). The average molecular weight is 466 g/mol. The van der Waals surface area contributed by atoms with Crippen LogP contribution in [-0.4, -0.2) is 14.6 Å². The zero-order valence-electron chi connectivity index (χ0n) is 20.4. The van der Waals surface area contributed by atoms with Gasteiger partial charge < -0.3 is 23.2 Å². The van der Waals surface area contributed by atoms with Crippen LogP contribution in [0.2, 0.25) is 0 Å². The topological polar surface area (TPSA) is 46.2 Å². The van der Waals surface area contributed by atoms with E-state index >= 15 is 0 Å². The maximum atomic E-state index is 6.10. The lowest BCUT2D eigenvalue weighted by Gasteiger charge is -2.21. The molecule has 4 aromatic carbocycles. The molecule has 0 radical (unpaired) electrons. The number of aryl methyl sites for hydroxylation is 4. The van der Waals surface area contributed by atoms with Crippen LogP contribution in [-0.2, 0) is 4.57 Å². The molecule has 0 aliphatic rings. The summed E-state index contributed by atoms with van der Waals surface area (Å²) in [6.07, 6.45) is 0. The Labute approximate surface area is 207 Å². The van der Waals surface area contributed by atoms with Crippen molar-refractivity contribution in [2.24, 2.45) is 0 Å². The summed E-state index contributed by atoms with van der Waals surface area (Å²) >= 11 is 0. The number of benzene rings is 4. The molecule has 0 bridgehead atoms. The fourth-order valence-corrected chi connectivity index (χ4v) is 3.16. The predicted octanol–water partition coefficient (Wildman–Crippen LogP) is 6.52. The molecule has 7 heteroatoms. The summed E-state index contributed by atoms with van der Waals surface area (Å²) < 4.78 is 30.3. The van der Waals surface area contributed by atoms with E-state index in [0.29, 0.717) is 23.0 Å². The highest BCUT2D eigenvalue weighted by molar-refractivity contribution is 6.53. The van der Waals surface area contributed by atoms with Crippen LogP contribution in [0.3, 0.4) is 0 Å². The van der Waals surface area contributed by atoms with Crippen LogP contribution >= 0.6 is 0 Å². The first-order valence-electron chi connectivity index (χ1n) is 11.5. The molecular weight excluding hydrogens is 438 g/mol. The minimum atomic E-state index is -1.14. The minimum Gasteiger partial charge on any atom is -0.502 e. The van der Waals surface area contributed by atoms with Crippen LogP contribution in [0.25, 0.3) is 0 Å². The quantitative estimate of drug-likeness (QED) is 0.249. The van der Waals surface area contributed by atoms with Crippen molar-refractivity contribution in [2.75, 3.05) is 0 Å². The second kappa shape index (κ2) is 11.5. The molecule has 0 N–H and O–H groups in total. The average Bonchev–Trinajstić information content (AvgIpc) is 2.85. The summed E-state index contributed by atoms with van der Waals surface area (Å²) in [5, 5.41) is 0. The van der Waals surface area contributed by atoms with Crippen LogP contribution in [0.5, 0.6) is 23.0 Å². The van der Waals surface area contributed by atoms with E-state index in [2.05, 4.69) is 0 Å². The Bertz CT molecular complexity index is 1000. The van der Waals surface area contributed by atoms with Gasteiger partial charge in [-0.25, -0.2) is 0 Å². The molecule has 0 spiro atoms. The van der Waals surface area contributed by atoms with Gasteiger partial charge in [0.15, 0.2) is 0 Å². The molecule has 0 atom stereocenters. The van der Waals surface area contributed by atoms with Gasteiger partial charge in [0.2, 0.25) is 0 Å². The Balaban J connectivity index is 1.58. The van der Waals surface area contributed by atoms with Crippen molar-refractivity contribution in [1.82, 2.24) is 0 Å². The van der Waals surface area contributed by atoms with Gasteiger partial charge in [0.05, 0.1) is 0 Å². The van der Waals surface area contributed by atoms with Gasteiger partial charge in [-0.05, 0) is 76.2 Å². The smallest absolute Gasteiger partial charge is 0.502 e. The molecular formula is C28H28B2O5. The van der Waals surface area contributed by atoms with Gasteiger partial charge in [-0.15, -0.1) is 0 Å². The lowest BCUT2D eigenvalue weighted by atomic mass is 10.1. The Morgan fingerprint density at radius 3 is 0.743 bits per heavy atom. The van der Waals surface area contributed by atoms with E-state index in [9.17, 15) is 0 Å². The normalized spacial score (nSPS) is 10.4. The van der Waals surface area contributed by atoms with Crippen LogP contribution in [0.4, 0.5) is 0 Å². The molecule has 4 aromatic rings. The fourth-order valence-electron chi connectivity index (χ4n) is 3.16. The summed E-state index contributed by atoms with van der Waals surface area (Å²) in [4.78, 5) is 0. The zero-order chi connectivity index (χ0) is 24.6. The van der Waals surface area contributed by atoms with Crippen LogP contribution in [0, 0.1) is 27.7 Å². The first-order chi connectivity index (χ1) is 16.9. The largest absolute Gasteiger partial charge is 0.777 e. The van der Waals surface area contributed by atoms with Gasteiger partial charge >= 0.3 is 14.6 Å². The highest BCUT2D eigenvalue weighted by atomic mass is 16.8. The highest BCUT2D eigenvalue weighted by Gasteiger charge is 2.40. The van der Waals surface area contributed by atoms with Crippen molar-refractivity contribution in [1.29, 1.82) is 0 Å². The summed E-state index contributed by atoms with van der Waals surface area (Å²) in [5.41, 5.74) is 4.49. The first kappa shape index (κ1) is 24.3. The second-order valence-corrected chi connectivity index (χ2v) is 8.44. The van der Waals surface area contributed by atoms with Crippen molar-refractivity contribution in [2.45, 2.75) is 27.7 Å². The maximum Gasteiger partial charge on any atom is 0.777 e. The lowest BCUT2D eigenvalue weighted by Crippen LogP contribution is -2.45. The van der Waals surface area contributed by atoms with Gasteiger partial charge in [-0.1, -0.05) is 70.8 Å². The van der Waals surface area contributed by atoms with Crippen molar-refractivity contribution in [3.8, 4) is 23.0 Å². The van der Waals surface area contributed by atoms with Crippen LogP contribution in [0.15, 0.2) is 97.1 Å². The molecule has 0 heterocycles. The first-order valence-corrected chi connectivity index (χ1v) is 11.5. The number of rotatable bonds is 10. The Hall–Kier alpha value is -3.83. The molecule has 0 aliphatic carbocycles. The van der Waals surface area contributed by atoms with Crippen molar-refractivity contribution < 1.29 is 23.2 Å². The molecule has 0 fully saturated rings. The Morgan fingerprint density at radius 2 is 0.543 bits per heavy atom. The van der Waals surface area contributed by atoms with E-state index in [-0.39, 0.29) is 0 Å². The van der Waals surface area contributed by atoms with Gasteiger partial charge in [0, 0.05) is 0 Å². The van der Waals surface area contributed by atoms with Gasteiger partial charge in [0.25, 0.3) is 0 Å². The van der Waals surface area contributed by atoms with Crippen LogP contribution < -0.4 is 18.6 Å². The molecule has 35 heavy (non-hydrogen) atoms.